The van der Waals surface area contributed by atoms with E-state index in [4.69, 9.17) is 4.74 Å². The van der Waals surface area contributed by atoms with Gasteiger partial charge in [0.15, 0.2) is 5.69 Å². The van der Waals surface area contributed by atoms with Crippen molar-refractivity contribution in [3.8, 4) is 0 Å². The van der Waals surface area contributed by atoms with Crippen molar-refractivity contribution in [2.45, 2.75) is 33.6 Å². The van der Waals surface area contributed by atoms with Gasteiger partial charge in [0.05, 0.1) is 6.61 Å². The Morgan fingerprint density at radius 3 is 2.89 bits per heavy atom. The third kappa shape index (κ3) is 3.73. The molecule has 2 rings (SSSR count). The average Bonchev–Trinajstić information content (AvgIpc) is 2.81. The summed E-state index contributed by atoms with van der Waals surface area (Å²) < 4.78 is 5.28. The van der Waals surface area contributed by atoms with E-state index in [-0.39, 0.29) is 11.4 Å². The number of nitrogens with zero attached hydrogens (tertiary/aromatic N) is 2. The molecule has 0 unspecified atom stereocenters. The summed E-state index contributed by atoms with van der Waals surface area (Å²) in [5.74, 6) is -0.361. The third-order valence-electron chi connectivity index (χ3n) is 2.76. The lowest BCUT2D eigenvalue weighted by atomic mass is 9.91. The van der Waals surface area contributed by atoms with Gasteiger partial charge in [-0.1, -0.05) is 20.8 Å². The number of hydrogen-bond donors (Lipinski definition) is 0. The highest BCUT2D eigenvalue weighted by molar-refractivity contribution is 7.16. The first-order valence-corrected chi connectivity index (χ1v) is 7.21. The molecular formula is C14H18N2O2S. The quantitative estimate of drug-likeness (QED) is 0.632. The van der Waals surface area contributed by atoms with Gasteiger partial charge in [-0.05, 0) is 29.7 Å². The molecular weight excluding hydrogens is 260 g/mol. The smallest absolute Gasteiger partial charge is 0.357 e. The normalized spacial score (nSPS) is 11.7. The van der Waals surface area contributed by atoms with E-state index in [0.717, 1.165) is 23.1 Å². The van der Waals surface area contributed by atoms with Crippen molar-refractivity contribution in [3.63, 3.8) is 0 Å². The Kier molecular flexibility index (Phi) is 4.14. The van der Waals surface area contributed by atoms with Crippen LogP contribution in [0.2, 0.25) is 0 Å². The molecule has 0 spiro atoms. The van der Waals surface area contributed by atoms with Crippen molar-refractivity contribution in [1.29, 1.82) is 0 Å². The van der Waals surface area contributed by atoms with E-state index in [2.05, 4.69) is 30.7 Å². The van der Waals surface area contributed by atoms with Gasteiger partial charge in [-0.15, -0.1) is 11.3 Å². The summed E-state index contributed by atoms with van der Waals surface area (Å²) >= 11 is 1.49. The molecule has 0 aliphatic carbocycles. The fourth-order valence-electron chi connectivity index (χ4n) is 1.79. The summed E-state index contributed by atoms with van der Waals surface area (Å²) in [6.45, 7) is 6.96. The number of carbonyl (C=O) groups is 1. The number of ether oxygens (including phenoxy) is 1. The molecule has 0 radical (unpaired) electrons. The zero-order chi connectivity index (χ0) is 13.9. The molecule has 0 saturated heterocycles. The SMILES string of the molecule is CC(C)(C)CCCOC(=O)c1ncnc2sccc12. The molecule has 0 fully saturated rings. The summed E-state index contributed by atoms with van der Waals surface area (Å²) in [4.78, 5) is 20.9. The fraction of sp³-hybridized carbons (Fsp3) is 0.500. The second-order valence-corrected chi connectivity index (χ2v) is 6.56. The van der Waals surface area contributed by atoms with Gasteiger partial charge in [0.1, 0.15) is 11.2 Å². The molecule has 2 aromatic heterocycles. The van der Waals surface area contributed by atoms with E-state index in [1.54, 1.807) is 0 Å². The highest BCUT2D eigenvalue weighted by Crippen LogP contribution is 2.22. The molecule has 19 heavy (non-hydrogen) atoms. The summed E-state index contributed by atoms with van der Waals surface area (Å²) in [6.07, 6.45) is 3.30. The summed E-state index contributed by atoms with van der Waals surface area (Å²) in [5.41, 5.74) is 0.629. The van der Waals surface area contributed by atoms with Gasteiger partial charge in [-0.25, -0.2) is 14.8 Å². The Labute approximate surface area is 116 Å². The van der Waals surface area contributed by atoms with Crippen molar-refractivity contribution in [1.82, 2.24) is 9.97 Å². The average molecular weight is 278 g/mol. The maximum atomic E-state index is 12.0. The van der Waals surface area contributed by atoms with Gasteiger partial charge in [-0.3, -0.25) is 0 Å². The van der Waals surface area contributed by atoms with Crippen molar-refractivity contribution < 1.29 is 9.53 Å². The molecule has 102 valence electrons. The lowest BCUT2D eigenvalue weighted by Gasteiger charge is -2.17. The zero-order valence-electron chi connectivity index (χ0n) is 11.5. The monoisotopic (exact) mass is 278 g/mol. The first kappa shape index (κ1) is 13.9. The first-order chi connectivity index (χ1) is 8.97. The Morgan fingerprint density at radius 2 is 2.16 bits per heavy atom. The molecule has 0 aliphatic heterocycles. The number of rotatable bonds is 4. The molecule has 2 aromatic rings. The number of esters is 1. The standard InChI is InChI=1S/C14H18N2O2S/c1-14(2,3)6-4-7-18-13(17)11-10-5-8-19-12(10)16-9-15-11/h5,8-9H,4,6-7H2,1-3H3. The van der Waals surface area contributed by atoms with Crippen molar-refractivity contribution in [2.75, 3.05) is 6.61 Å². The molecule has 4 nitrogen and oxygen atoms in total. The maximum absolute atomic E-state index is 12.0. The van der Waals surface area contributed by atoms with E-state index >= 15 is 0 Å². The van der Waals surface area contributed by atoms with Gasteiger partial charge in [0.25, 0.3) is 0 Å². The Hall–Kier alpha value is -1.49. The van der Waals surface area contributed by atoms with Crippen LogP contribution in [-0.4, -0.2) is 22.5 Å². The van der Waals surface area contributed by atoms with Gasteiger partial charge in [0.2, 0.25) is 0 Å². The highest BCUT2D eigenvalue weighted by atomic mass is 32.1. The van der Waals surface area contributed by atoms with Gasteiger partial charge in [-0.2, -0.15) is 0 Å². The van der Waals surface area contributed by atoms with E-state index in [1.807, 2.05) is 11.4 Å². The second kappa shape index (κ2) is 5.65. The van der Waals surface area contributed by atoms with Crippen LogP contribution in [0.5, 0.6) is 0 Å². The topological polar surface area (TPSA) is 52.1 Å². The highest BCUT2D eigenvalue weighted by Gasteiger charge is 2.15. The number of carbonyl (C=O) groups excluding carboxylic acids is 1. The molecule has 0 bridgehead atoms. The largest absolute Gasteiger partial charge is 0.461 e. The fourth-order valence-corrected chi connectivity index (χ4v) is 2.52. The number of hydrogen-bond acceptors (Lipinski definition) is 5. The Balaban J connectivity index is 1.95. The maximum Gasteiger partial charge on any atom is 0.357 e. The lowest BCUT2D eigenvalue weighted by Crippen LogP contribution is -2.11. The van der Waals surface area contributed by atoms with E-state index in [9.17, 15) is 4.79 Å². The minimum Gasteiger partial charge on any atom is -0.461 e. The number of aromatic nitrogens is 2. The Morgan fingerprint density at radius 1 is 1.37 bits per heavy atom. The number of fused-ring (bicyclic) bond motifs is 1. The summed E-state index contributed by atoms with van der Waals surface area (Å²) in [6, 6.07) is 1.85. The van der Waals surface area contributed by atoms with Crippen molar-refractivity contribution in [2.24, 2.45) is 5.41 Å². The molecule has 0 N–H and O–H groups in total. The first-order valence-electron chi connectivity index (χ1n) is 6.33. The van der Waals surface area contributed by atoms with Crippen molar-refractivity contribution in [3.05, 3.63) is 23.5 Å². The van der Waals surface area contributed by atoms with Crippen LogP contribution in [0.3, 0.4) is 0 Å². The van der Waals surface area contributed by atoms with Gasteiger partial charge < -0.3 is 4.74 Å². The number of thiophene rings is 1. The lowest BCUT2D eigenvalue weighted by molar-refractivity contribution is 0.0483. The summed E-state index contributed by atoms with van der Waals surface area (Å²) in [5, 5.41) is 2.67. The molecule has 5 heteroatoms. The summed E-state index contributed by atoms with van der Waals surface area (Å²) in [7, 11) is 0. The van der Waals surface area contributed by atoms with E-state index in [1.165, 1.54) is 17.7 Å². The third-order valence-corrected chi connectivity index (χ3v) is 3.58. The predicted molar refractivity (Wildman–Crippen MR) is 76.4 cm³/mol. The van der Waals surface area contributed by atoms with Crippen LogP contribution >= 0.6 is 11.3 Å². The van der Waals surface area contributed by atoms with Crippen LogP contribution in [-0.2, 0) is 4.74 Å². The van der Waals surface area contributed by atoms with Crippen molar-refractivity contribution >= 4 is 27.5 Å². The van der Waals surface area contributed by atoms with Gasteiger partial charge in [0, 0.05) is 5.39 Å². The van der Waals surface area contributed by atoms with Crippen LogP contribution < -0.4 is 0 Å². The molecule has 0 aliphatic rings. The molecule has 0 amide bonds. The van der Waals surface area contributed by atoms with E-state index < -0.39 is 0 Å². The van der Waals surface area contributed by atoms with Crippen LogP contribution in [0.15, 0.2) is 17.8 Å². The van der Waals surface area contributed by atoms with Crippen LogP contribution in [0.4, 0.5) is 0 Å². The van der Waals surface area contributed by atoms with Gasteiger partial charge >= 0.3 is 5.97 Å². The van der Waals surface area contributed by atoms with E-state index in [0.29, 0.717) is 12.3 Å². The van der Waals surface area contributed by atoms with Crippen LogP contribution in [0, 0.1) is 5.41 Å². The molecule has 0 aromatic carbocycles. The Bertz CT molecular complexity index is 572. The molecule has 2 heterocycles. The van der Waals surface area contributed by atoms with Crippen LogP contribution in [0.1, 0.15) is 44.1 Å². The molecule has 0 atom stereocenters. The minimum atomic E-state index is -0.361. The molecule has 0 saturated carbocycles. The zero-order valence-corrected chi connectivity index (χ0v) is 12.3. The van der Waals surface area contributed by atoms with Crippen LogP contribution in [0.25, 0.3) is 10.2 Å². The predicted octanol–water partition coefficient (Wildman–Crippen LogP) is 3.67. The minimum absolute atomic E-state index is 0.266. The second-order valence-electron chi connectivity index (χ2n) is 5.66.